The van der Waals surface area contributed by atoms with Crippen LogP contribution in [-0.2, 0) is 13.1 Å². The maximum atomic E-state index is 4.40. The van der Waals surface area contributed by atoms with E-state index < -0.39 is 0 Å². The Bertz CT molecular complexity index is 662. The Labute approximate surface area is 124 Å². The molecule has 0 saturated heterocycles. The Morgan fingerprint density at radius 1 is 0.952 bits per heavy atom. The van der Waals surface area contributed by atoms with Crippen LogP contribution in [0.15, 0.2) is 67.1 Å². The van der Waals surface area contributed by atoms with Crippen molar-refractivity contribution in [1.82, 2.24) is 20.1 Å². The maximum absolute atomic E-state index is 4.40. The zero-order chi connectivity index (χ0) is 14.3. The lowest BCUT2D eigenvalue weighted by atomic mass is 10.1. The van der Waals surface area contributed by atoms with Crippen LogP contribution in [0.5, 0.6) is 0 Å². The first-order valence-electron chi connectivity index (χ1n) is 7.10. The molecule has 3 rings (SSSR count). The molecule has 0 aliphatic rings. The van der Waals surface area contributed by atoms with Crippen LogP contribution < -0.4 is 5.32 Å². The molecule has 0 amide bonds. The predicted octanol–water partition coefficient (Wildman–Crippen LogP) is 2.73. The fraction of sp³-hybridized carbons (Fsp3) is 0.176. The summed E-state index contributed by atoms with van der Waals surface area (Å²) in [6, 6.07) is 16.3. The molecule has 0 spiro atoms. The normalized spacial score (nSPS) is 10.7. The highest BCUT2D eigenvalue weighted by molar-refractivity contribution is 5.61. The first kappa shape index (κ1) is 13.5. The summed E-state index contributed by atoms with van der Waals surface area (Å²) in [6.45, 7) is 2.50. The van der Waals surface area contributed by atoms with Crippen molar-refractivity contribution in [2.24, 2.45) is 0 Å². The highest BCUT2D eigenvalue weighted by atomic mass is 15.3. The van der Waals surface area contributed by atoms with Crippen molar-refractivity contribution in [2.45, 2.75) is 13.1 Å². The van der Waals surface area contributed by atoms with Gasteiger partial charge in [0.05, 0.1) is 18.4 Å². The van der Waals surface area contributed by atoms with E-state index in [0.717, 1.165) is 30.9 Å². The zero-order valence-electron chi connectivity index (χ0n) is 11.8. The standard InChI is InChI=1S/C17H18N4/c1-2-6-15(7-3-1)16-12-20-21(14-16)11-10-18-13-17-8-4-5-9-19-17/h1-9,12,14,18H,10-11,13H2. The summed E-state index contributed by atoms with van der Waals surface area (Å²) in [6.07, 6.45) is 5.81. The number of aromatic nitrogens is 3. The van der Waals surface area contributed by atoms with E-state index in [9.17, 15) is 0 Å². The topological polar surface area (TPSA) is 42.7 Å². The van der Waals surface area contributed by atoms with Crippen molar-refractivity contribution in [3.63, 3.8) is 0 Å². The summed E-state index contributed by atoms with van der Waals surface area (Å²) in [4.78, 5) is 4.28. The third-order valence-electron chi connectivity index (χ3n) is 3.29. The van der Waals surface area contributed by atoms with Gasteiger partial charge in [0.2, 0.25) is 0 Å². The molecule has 4 heteroatoms. The second-order valence-corrected chi connectivity index (χ2v) is 4.86. The molecule has 3 aromatic rings. The summed E-state index contributed by atoms with van der Waals surface area (Å²) in [7, 11) is 0. The fourth-order valence-corrected chi connectivity index (χ4v) is 2.18. The molecule has 0 unspecified atom stereocenters. The van der Waals surface area contributed by atoms with E-state index in [4.69, 9.17) is 0 Å². The molecule has 2 aromatic heterocycles. The van der Waals surface area contributed by atoms with E-state index in [-0.39, 0.29) is 0 Å². The average Bonchev–Trinajstić information content (AvgIpc) is 3.02. The van der Waals surface area contributed by atoms with Gasteiger partial charge in [0, 0.05) is 31.0 Å². The van der Waals surface area contributed by atoms with Gasteiger partial charge in [-0.1, -0.05) is 36.4 Å². The lowest BCUT2D eigenvalue weighted by molar-refractivity contribution is 0.552. The SMILES string of the molecule is c1ccc(-c2cnn(CCNCc3ccccn3)c2)cc1. The Kier molecular flexibility index (Phi) is 4.39. The highest BCUT2D eigenvalue weighted by Crippen LogP contribution is 2.17. The van der Waals surface area contributed by atoms with Crippen LogP contribution in [0.1, 0.15) is 5.69 Å². The Morgan fingerprint density at radius 2 is 1.81 bits per heavy atom. The molecule has 0 aliphatic carbocycles. The third-order valence-corrected chi connectivity index (χ3v) is 3.29. The van der Waals surface area contributed by atoms with E-state index in [0.29, 0.717) is 0 Å². The summed E-state index contributed by atoms with van der Waals surface area (Å²) in [5, 5.41) is 7.77. The van der Waals surface area contributed by atoms with Gasteiger partial charge in [-0.05, 0) is 17.7 Å². The van der Waals surface area contributed by atoms with E-state index in [1.807, 2.05) is 53.5 Å². The quantitative estimate of drug-likeness (QED) is 0.705. The van der Waals surface area contributed by atoms with Gasteiger partial charge < -0.3 is 5.32 Å². The van der Waals surface area contributed by atoms with Gasteiger partial charge in [-0.2, -0.15) is 5.10 Å². The molecule has 0 radical (unpaired) electrons. The molecular weight excluding hydrogens is 260 g/mol. The van der Waals surface area contributed by atoms with Crippen molar-refractivity contribution in [3.05, 3.63) is 72.8 Å². The third kappa shape index (κ3) is 3.77. The summed E-state index contributed by atoms with van der Waals surface area (Å²) < 4.78 is 1.97. The number of hydrogen-bond acceptors (Lipinski definition) is 3. The second kappa shape index (κ2) is 6.81. The number of pyridine rings is 1. The number of hydrogen-bond donors (Lipinski definition) is 1. The molecule has 106 valence electrons. The largest absolute Gasteiger partial charge is 0.309 e. The van der Waals surface area contributed by atoms with E-state index >= 15 is 0 Å². The molecule has 0 fully saturated rings. The Balaban J connectivity index is 1.49. The Morgan fingerprint density at radius 3 is 2.62 bits per heavy atom. The smallest absolute Gasteiger partial charge is 0.0568 e. The summed E-state index contributed by atoms with van der Waals surface area (Å²) in [5.41, 5.74) is 3.41. The van der Waals surface area contributed by atoms with Crippen LogP contribution >= 0.6 is 0 Å². The van der Waals surface area contributed by atoms with Crippen LogP contribution in [0.3, 0.4) is 0 Å². The van der Waals surface area contributed by atoms with Gasteiger partial charge in [-0.3, -0.25) is 9.67 Å². The van der Waals surface area contributed by atoms with Crippen molar-refractivity contribution >= 4 is 0 Å². The van der Waals surface area contributed by atoms with Gasteiger partial charge in [-0.15, -0.1) is 0 Å². The molecule has 1 aromatic carbocycles. The van der Waals surface area contributed by atoms with E-state index in [1.165, 1.54) is 5.56 Å². The summed E-state index contributed by atoms with van der Waals surface area (Å²) >= 11 is 0. The minimum absolute atomic E-state index is 0.785. The number of nitrogens with zero attached hydrogens (tertiary/aromatic N) is 3. The average molecular weight is 278 g/mol. The van der Waals surface area contributed by atoms with Gasteiger partial charge in [0.1, 0.15) is 0 Å². The van der Waals surface area contributed by atoms with Crippen molar-refractivity contribution in [1.29, 1.82) is 0 Å². The first-order valence-corrected chi connectivity index (χ1v) is 7.10. The molecule has 4 nitrogen and oxygen atoms in total. The van der Waals surface area contributed by atoms with Gasteiger partial charge in [0.25, 0.3) is 0 Å². The van der Waals surface area contributed by atoms with Crippen LogP contribution in [0, 0.1) is 0 Å². The summed E-state index contributed by atoms with van der Waals surface area (Å²) in [5.74, 6) is 0. The molecule has 2 heterocycles. The van der Waals surface area contributed by atoms with Crippen molar-refractivity contribution < 1.29 is 0 Å². The molecule has 21 heavy (non-hydrogen) atoms. The molecule has 0 aliphatic heterocycles. The lowest BCUT2D eigenvalue weighted by Gasteiger charge is -2.04. The highest BCUT2D eigenvalue weighted by Gasteiger charge is 2.00. The number of nitrogens with one attached hydrogen (secondary N) is 1. The molecule has 0 bridgehead atoms. The Hall–Kier alpha value is -2.46. The van der Waals surface area contributed by atoms with E-state index in [1.54, 1.807) is 0 Å². The number of benzene rings is 1. The molecule has 1 N–H and O–H groups in total. The van der Waals surface area contributed by atoms with Gasteiger partial charge in [0.15, 0.2) is 0 Å². The van der Waals surface area contributed by atoms with Gasteiger partial charge in [-0.25, -0.2) is 0 Å². The number of rotatable bonds is 6. The van der Waals surface area contributed by atoms with Crippen molar-refractivity contribution in [3.8, 4) is 11.1 Å². The predicted molar refractivity (Wildman–Crippen MR) is 83.6 cm³/mol. The first-order chi connectivity index (χ1) is 10.4. The molecule has 0 atom stereocenters. The van der Waals surface area contributed by atoms with Crippen LogP contribution in [-0.4, -0.2) is 21.3 Å². The van der Waals surface area contributed by atoms with Gasteiger partial charge >= 0.3 is 0 Å². The fourth-order valence-electron chi connectivity index (χ4n) is 2.18. The zero-order valence-corrected chi connectivity index (χ0v) is 11.8. The minimum atomic E-state index is 0.785. The van der Waals surface area contributed by atoms with Crippen LogP contribution in [0.25, 0.3) is 11.1 Å². The second-order valence-electron chi connectivity index (χ2n) is 4.86. The van der Waals surface area contributed by atoms with Crippen LogP contribution in [0.4, 0.5) is 0 Å². The molecule has 0 saturated carbocycles. The minimum Gasteiger partial charge on any atom is -0.309 e. The monoisotopic (exact) mass is 278 g/mol. The lowest BCUT2D eigenvalue weighted by Crippen LogP contribution is -2.20. The molecular formula is C17H18N4. The maximum Gasteiger partial charge on any atom is 0.0568 e. The van der Waals surface area contributed by atoms with E-state index in [2.05, 4.69) is 33.7 Å². The van der Waals surface area contributed by atoms with Crippen LogP contribution in [0.2, 0.25) is 0 Å². The van der Waals surface area contributed by atoms with Crippen molar-refractivity contribution in [2.75, 3.05) is 6.54 Å².